The average molecular weight is 306 g/mol. The van der Waals surface area contributed by atoms with Gasteiger partial charge in [0.25, 0.3) is 0 Å². The lowest BCUT2D eigenvalue weighted by molar-refractivity contribution is 0.481. The van der Waals surface area contributed by atoms with Crippen LogP contribution < -0.4 is 10.2 Å². The summed E-state index contributed by atoms with van der Waals surface area (Å²) in [6.45, 7) is 5.68. The van der Waals surface area contributed by atoms with E-state index in [0.717, 1.165) is 41.3 Å². The first-order chi connectivity index (χ1) is 10.1. The van der Waals surface area contributed by atoms with Crippen molar-refractivity contribution in [1.29, 1.82) is 0 Å². The zero-order valence-electron chi connectivity index (χ0n) is 13.0. The second-order valence-electron chi connectivity index (χ2n) is 4.89. The number of hydrogen-bond donors (Lipinski definition) is 1. The van der Waals surface area contributed by atoms with Crippen LogP contribution in [0.25, 0.3) is 0 Å². The number of aromatic nitrogens is 2. The average Bonchev–Trinajstić information content (AvgIpc) is 2.89. The standard InChI is InChI=1S/C15H22N4OS/c1-5-8-16-13-9-14(18-15(17-13)21-4)19(3)10-12-7-6-11(2)20-12/h6-7,9H,5,8,10H2,1-4H3,(H,16,17,18). The third-order valence-electron chi connectivity index (χ3n) is 3.01. The van der Waals surface area contributed by atoms with Crippen molar-refractivity contribution in [3.63, 3.8) is 0 Å². The Labute approximate surface area is 130 Å². The molecule has 21 heavy (non-hydrogen) atoms. The first-order valence-corrected chi connectivity index (χ1v) is 8.28. The first kappa shape index (κ1) is 15.7. The van der Waals surface area contributed by atoms with Crippen molar-refractivity contribution in [2.24, 2.45) is 0 Å². The Morgan fingerprint density at radius 2 is 2.14 bits per heavy atom. The molecular weight excluding hydrogens is 284 g/mol. The van der Waals surface area contributed by atoms with Crippen molar-refractivity contribution in [2.45, 2.75) is 32.0 Å². The van der Waals surface area contributed by atoms with Gasteiger partial charge in [0.1, 0.15) is 23.2 Å². The predicted molar refractivity (Wildman–Crippen MR) is 88.1 cm³/mol. The van der Waals surface area contributed by atoms with Crippen molar-refractivity contribution in [3.8, 4) is 0 Å². The first-order valence-electron chi connectivity index (χ1n) is 7.05. The molecule has 0 fully saturated rings. The van der Waals surface area contributed by atoms with Gasteiger partial charge in [-0.15, -0.1) is 0 Å². The molecule has 2 heterocycles. The Balaban J connectivity index is 2.16. The molecule has 0 aliphatic carbocycles. The smallest absolute Gasteiger partial charge is 0.191 e. The van der Waals surface area contributed by atoms with Gasteiger partial charge < -0.3 is 14.6 Å². The van der Waals surface area contributed by atoms with E-state index in [1.165, 1.54) is 0 Å². The molecule has 0 aromatic carbocycles. The van der Waals surface area contributed by atoms with Crippen molar-refractivity contribution >= 4 is 23.4 Å². The Morgan fingerprint density at radius 1 is 1.33 bits per heavy atom. The van der Waals surface area contributed by atoms with Gasteiger partial charge in [-0.05, 0) is 31.7 Å². The third-order valence-corrected chi connectivity index (χ3v) is 3.56. The minimum atomic E-state index is 0.686. The summed E-state index contributed by atoms with van der Waals surface area (Å²) in [5.41, 5.74) is 0. The minimum Gasteiger partial charge on any atom is -0.464 e. The van der Waals surface area contributed by atoms with Crippen molar-refractivity contribution in [2.75, 3.05) is 30.1 Å². The Morgan fingerprint density at radius 3 is 2.76 bits per heavy atom. The normalized spacial score (nSPS) is 10.7. The van der Waals surface area contributed by atoms with Crippen LogP contribution in [0.5, 0.6) is 0 Å². The minimum absolute atomic E-state index is 0.686. The molecule has 1 N–H and O–H groups in total. The van der Waals surface area contributed by atoms with Crippen LogP contribution in [0.2, 0.25) is 0 Å². The summed E-state index contributed by atoms with van der Waals surface area (Å²) >= 11 is 1.55. The quantitative estimate of drug-likeness (QED) is 0.623. The van der Waals surface area contributed by atoms with Crippen LogP contribution in [0.3, 0.4) is 0 Å². The number of aryl methyl sites for hydroxylation is 1. The highest BCUT2D eigenvalue weighted by molar-refractivity contribution is 7.98. The van der Waals surface area contributed by atoms with Crippen LogP contribution in [-0.2, 0) is 6.54 Å². The number of nitrogens with one attached hydrogen (secondary N) is 1. The topological polar surface area (TPSA) is 54.2 Å². The third kappa shape index (κ3) is 4.39. The molecule has 0 atom stereocenters. The molecule has 2 aromatic heterocycles. The summed E-state index contributed by atoms with van der Waals surface area (Å²) < 4.78 is 5.62. The van der Waals surface area contributed by atoms with Crippen molar-refractivity contribution < 1.29 is 4.42 Å². The van der Waals surface area contributed by atoms with Crippen LogP contribution in [0, 0.1) is 6.92 Å². The number of anilines is 2. The van der Waals surface area contributed by atoms with Gasteiger partial charge in [-0.2, -0.15) is 0 Å². The van der Waals surface area contributed by atoms with E-state index >= 15 is 0 Å². The highest BCUT2D eigenvalue weighted by Crippen LogP contribution is 2.21. The van der Waals surface area contributed by atoms with E-state index in [9.17, 15) is 0 Å². The van der Waals surface area contributed by atoms with E-state index in [1.54, 1.807) is 11.8 Å². The lowest BCUT2D eigenvalue weighted by atomic mass is 10.4. The highest BCUT2D eigenvalue weighted by Gasteiger charge is 2.10. The monoisotopic (exact) mass is 306 g/mol. The maximum Gasteiger partial charge on any atom is 0.191 e. The van der Waals surface area contributed by atoms with Crippen LogP contribution in [0.1, 0.15) is 24.9 Å². The molecule has 0 spiro atoms. The maximum absolute atomic E-state index is 5.62. The van der Waals surface area contributed by atoms with Gasteiger partial charge in [0.15, 0.2) is 5.16 Å². The fraction of sp³-hybridized carbons (Fsp3) is 0.467. The number of nitrogens with zero attached hydrogens (tertiary/aromatic N) is 3. The summed E-state index contributed by atoms with van der Waals surface area (Å²) in [5.74, 6) is 3.62. The Hall–Kier alpha value is -1.69. The molecule has 0 bridgehead atoms. The molecule has 0 unspecified atom stereocenters. The van der Waals surface area contributed by atoms with E-state index < -0.39 is 0 Å². The van der Waals surface area contributed by atoms with E-state index in [1.807, 2.05) is 38.4 Å². The second-order valence-corrected chi connectivity index (χ2v) is 5.67. The molecule has 0 amide bonds. The zero-order valence-corrected chi connectivity index (χ0v) is 13.8. The highest BCUT2D eigenvalue weighted by atomic mass is 32.2. The van der Waals surface area contributed by atoms with E-state index in [2.05, 4.69) is 27.1 Å². The summed E-state index contributed by atoms with van der Waals surface area (Å²) in [5, 5.41) is 4.09. The molecule has 114 valence electrons. The molecule has 0 aliphatic heterocycles. The fourth-order valence-electron chi connectivity index (χ4n) is 1.93. The van der Waals surface area contributed by atoms with Gasteiger partial charge in [0, 0.05) is 19.7 Å². The SMILES string of the molecule is CCCNc1cc(N(C)Cc2ccc(C)o2)nc(SC)n1. The molecule has 0 aliphatic rings. The van der Waals surface area contributed by atoms with Crippen LogP contribution in [-0.4, -0.2) is 29.8 Å². The van der Waals surface area contributed by atoms with Crippen molar-refractivity contribution in [3.05, 3.63) is 29.7 Å². The lowest BCUT2D eigenvalue weighted by Gasteiger charge is -2.18. The number of thioether (sulfide) groups is 1. The number of rotatable bonds is 7. The molecule has 0 saturated heterocycles. The van der Waals surface area contributed by atoms with Gasteiger partial charge in [-0.25, -0.2) is 9.97 Å². The summed E-state index contributed by atoms with van der Waals surface area (Å²) in [6.07, 6.45) is 3.05. The summed E-state index contributed by atoms with van der Waals surface area (Å²) in [4.78, 5) is 11.1. The molecular formula is C15H22N4OS. The van der Waals surface area contributed by atoms with Crippen LogP contribution in [0.4, 0.5) is 11.6 Å². The molecule has 2 rings (SSSR count). The molecule has 6 heteroatoms. The maximum atomic E-state index is 5.62. The predicted octanol–water partition coefficient (Wildman–Crippen LogP) is 3.56. The van der Waals surface area contributed by atoms with Gasteiger partial charge in [-0.3, -0.25) is 0 Å². The molecule has 2 aromatic rings. The number of hydrogen-bond acceptors (Lipinski definition) is 6. The van der Waals surface area contributed by atoms with Gasteiger partial charge >= 0.3 is 0 Å². The van der Waals surface area contributed by atoms with E-state index in [-0.39, 0.29) is 0 Å². The van der Waals surface area contributed by atoms with E-state index in [4.69, 9.17) is 4.42 Å². The Bertz CT molecular complexity index is 585. The second kappa shape index (κ2) is 7.36. The van der Waals surface area contributed by atoms with Gasteiger partial charge in [0.2, 0.25) is 0 Å². The molecule has 5 nitrogen and oxygen atoms in total. The number of furan rings is 1. The lowest BCUT2D eigenvalue weighted by Crippen LogP contribution is -2.18. The summed E-state index contributed by atoms with van der Waals surface area (Å²) in [6, 6.07) is 5.95. The van der Waals surface area contributed by atoms with Gasteiger partial charge in [0.05, 0.1) is 6.54 Å². The largest absolute Gasteiger partial charge is 0.464 e. The van der Waals surface area contributed by atoms with E-state index in [0.29, 0.717) is 6.54 Å². The fourth-order valence-corrected chi connectivity index (χ4v) is 2.30. The van der Waals surface area contributed by atoms with Crippen LogP contribution in [0.15, 0.2) is 27.8 Å². The summed E-state index contributed by atoms with van der Waals surface area (Å²) in [7, 11) is 2.01. The molecule has 0 saturated carbocycles. The molecule has 0 radical (unpaired) electrons. The van der Waals surface area contributed by atoms with Gasteiger partial charge in [-0.1, -0.05) is 18.7 Å². The zero-order chi connectivity index (χ0) is 15.2. The van der Waals surface area contributed by atoms with Crippen LogP contribution >= 0.6 is 11.8 Å². The Kier molecular flexibility index (Phi) is 5.50. The van der Waals surface area contributed by atoms with Crippen molar-refractivity contribution in [1.82, 2.24) is 9.97 Å².